The molecule has 1 aromatic heterocycles. The first-order chi connectivity index (χ1) is 10.7. The Morgan fingerprint density at radius 1 is 1.52 bits per heavy atom. The maximum absolute atomic E-state index is 12.1. The number of nitrogens with one attached hydrogen (secondary N) is 2. The van der Waals surface area contributed by atoms with Gasteiger partial charge < -0.3 is 24.9 Å². The molecule has 2 rings (SSSR count). The third-order valence-corrected chi connectivity index (χ3v) is 5.41. The van der Waals surface area contributed by atoms with Crippen LogP contribution in [0.25, 0.3) is 0 Å². The summed E-state index contributed by atoms with van der Waals surface area (Å²) in [6.07, 6.45) is 1.98. The van der Waals surface area contributed by atoms with E-state index in [1.165, 1.54) is 6.26 Å². The number of furan rings is 1. The van der Waals surface area contributed by atoms with Crippen LogP contribution in [-0.2, 0) is 4.74 Å². The van der Waals surface area contributed by atoms with Crippen LogP contribution in [0.4, 0.5) is 4.79 Å². The van der Waals surface area contributed by atoms with Crippen LogP contribution >= 0.6 is 0 Å². The van der Waals surface area contributed by atoms with E-state index in [2.05, 4.69) is 31.4 Å². The molecule has 6 heteroatoms. The van der Waals surface area contributed by atoms with E-state index < -0.39 is 6.10 Å². The second-order valence-electron chi connectivity index (χ2n) is 7.20. The number of aliphatic hydroxyl groups excluding tert-OH is 1. The van der Waals surface area contributed by atoms with E-state index in [0.717, 1.165) is 6.42 Å². The van der Waals surface area contributed by atoms with Crippen LogP contribution in [-0.4, -0.2) is 35.9 Å². The van der Waals surface area contributed by atoms with Crippen LogP contribution < -0.4 is 10.6 Å². The Hall–Kier alpha value is -1.53. The van der Waals surface area contributed by atoms with E-state index in [1.807, 2.05) is 6.92 Å². The quantitative estimate of drug-likeness (QED) is 0.751. The number of aliphatic hydroxyl groups is 1. The second kappa shape index (κ2) is 6.53. The Balaban J connectivity index is 1.79. The number of amides is 2. The lowest BCUT2D eigenvalue weighted by molar-refractivity contribution is -0.177. The summed E-state index contributed by atoms with van der Waals surface area (Å²) >= 11 is 0. The molecule has 1 aliphatic rings. The Kier molecular flexibility index (Phi) is 5.06. The topological polar surface area (TPSA) is 83.7 Å². The van der Waals surface area contributed by atoms with Crippen molar-refractivity contribution in [1.29, 1.82) is 0 Å². The molecule has 1 aliphatic carbocycles. The maximum atomic E-state index is 12.1. The molecule has 130 valence electrons. The smallest absolute Gasteiger partial charge is 0.315 e. The van der Waals surface area contributed by atoms with Gasteiger partial charge in [-0.3, -0.25) is 0 Å². The van der Waals surface area contributed by atoms with Gasteiger partial charge >= 0.3 is 6.03 Å². The van der Waals surface area contributed by atoms with E-state index in [0.29, 0.717) is 12.2 Å². The third-order valence-electron chi connectivity index (χ3n) is 5.41. The van der Waals surface area contributed by atoms with Gasteiger partial charge in [-0.2, -0.15) is 0 Å². The molecule has 1 fully saturated rings. The number of methoxy groups -OCH3 is 1. The molecule has 2 amide bonds. The highest BCUT2D eigenvalue weighted by Crippen LogP contribution is 2.51. The fourth-order valence-electron chi connectivity index (χ4n) is 3.14. The Morgan fingerprint density at radius 2 is 2.22 bits per heavy atom. The summed E-state index contributed by atoms with van der Waals surface area (Å²) in [4.78, 5) is 12.1. The summed E-state index contributed by atoms with van der Waals surface area (Å²) in [5.41, 5.74) is -0.345. The zero-order chi connectivity index (χ0) is 17.3. The molecule has 0 aliphatic heterocycles. The number of hydrogen-bond donors (Lipinski definition) is 3. The van der Waals surface area contributed by atoms with Crippen molar-refractivity contribution in [3.63, 3.8) is 0 Å². The molecule has 0 radical (unpaired) electrons. The monoisotopic (exact) mass is 324 g/mol. The zero-order valence-electron chi connectivity index (χ0n) is 14.6. The fraction of sp³-hybridized carbons (Fsp3) is 0.706. The van der Waals surface area contributed by atoms with Crippen molar-refractivity contribution in [2.75, 3.05) is 7.11 Å². The van der Waals surface area contributed by atoms with Crippen LogP contribution in [0.5, 0.6) is 0 Å². The van der Waals surface area contributed by atoms with Gasteiger partial charge in [0.15, 0.2) is 0 Å². The van der Waals surface area contributed by atoms with Crippen molar-refractivity contribution in [3.05, 3.63) is 24.2 Å². The standard InChI is InChI=1S/C17H28N2O4/c1-11(9-12(20)13-7-6-8-23-13)18-15(21)19-14-10-17(4,22-5)16(14,2)3/h6-8,11-12,14,20H,9-10H2,1-5H3,(H2,18,19,21). The first-order valence-corrected chi connectivity index (χ1v) is 8.03. The highest BCUT2D eigenvalue weighted by molar-refractivity contribution is 5.74. The van der Waals surface area contributed by atoms with Crippen molar-refractivity contribution in [2.45, 2.75) is 64.3 Å². The number of urea groups is 1. The van der Waals surface area contributed by atoms with Crippen molar-refractivity contribution in [1.82, 2.24) is 10.6 Å². The molecule has 0 aromatic carbocycles. The van der Waals surface area contributed by atoms with Gasteiger partial charge in [-0.1, -0.05) is 13.8 Å². The molecule has 0 spiro atoms. The van der Waals surface area contributed by atoms with Crippen molar-refractivity contribution in [2.24, 2.45) is 5.41 Å². The normalized spacial score (nSPS) is 28.5. The predicted octanol–water partition coefficient (Wildman–Crippen LogP) is 2.59. The van der Waals surface area contributed by atoms with Crippen LogP contribution in [0.1, 0.15) is 52.4 Å². The average molecular weight is 324 g/mol. The van der Waals surface area contributed by atoms with Crippen LogP contribution in [0, 0.1) is 5.41 Å². The molecule has 1 heterocycles. The highest BCUT2D eigenvalue weighted by Gasteiger charge is 2.58. The molecule has 1 aromatic rings. The van der Waals surface area contributed by atoms with Crippen molar-refractivity contribution < 1.29 is 19.1 Å². The van der Waals surface area contributed by atoms with Crippen molar-refractivity contribution >= 4 is 6.03 Å². The summed E-state index contributed by atoms with van der Waals surface area (Å²) in [5, 5.41) is 15.9. The molecule has 0 bridgehead atoms. The van der Waals surface area contributed by atoms with Gasteiger partial charge in [-0.25, -0.2) is 4.79 Å². The molecule has 3 N–H and O–H groups in total. The molecule has 6 nitrogen and oxygen atoms in total. The number of carbonyl (C=O) groups excluding carboxylic acids is 1. The first kappa shape index (κ1) is 17.8. The predicted molar refractivity (Wildman–Crippen MR) is 87.0 cm³/mol. The average Bonchev–Trinajstić information content (AvgIpc) is 3.00. The minimum absolute atomic E-state index is 0.0645. The largest absolute Gasteiger partial charge is 0.467 e. The number of rotatable bonds is 6. The lowest BCUT2D eigenvalue weighted by Gasteiger charge is -2.59. The second-order valence-corrected chi connectivity index (χ2v) is 7.20. The van der Waals surface area contributed by atoms with Gasteiger partial charge in [-0.05, 0) is 32.4 Å². The summed E-state index contributed by atoms with van der Waals surface area (Å²) in [6.45, 7) is 8.10. The highest BCUT2D eigenvalue weighted by atomic mass is 16.5. The van der Waals surface area contributed by atoms with Gasteiger partial charge in [0.1, 0.15) is 11.9 Å². The van der Waals surface area contributed by atoms with Crippen LogP contribution in [0.3, 0.4) is 0 Å². The van der Waals surface area contributed by atoms with Gasteiger partial charge in [0.25, 0.3) is 0 Å². The van der Waals surface area contributed by atoms with Crippen LogP contribution in [0.2, 0.25) is 0 Å². The number of ether oxygens (including phenoxy) is 1. The van der Waals surface area contributed by atoms with E-state index >= 15 is 0 Å². The molecule has 4 atom stereocenters. The minimum atomic E-state index is -0.725. The van der Waals surface area contributed by atoms with E-state index in [-0.39, 0.29) is 29.1 Å². The fourth-order valence-corrected chi connectivity index (χ4v) is 3.14. The summed E-state index contributed by atoms with van der Waals surface area (Å²) in [5.74, 6) is 0.509. The van der Waals surface area contributed by atoms with Gasteiger partial charge in [-0.15, -0.1) is 0 Å². The van der Waals surface area contributed by atoms with Gasteiger partial charge in [0, 0.05) is 31.0 Å². The first-order valence-electron chi connectivity index (χ1n) is 8.03. The van der Waals surface area contributed by atoms with E-state index in [4.69, 9.17) is 9.15 Å². The Labute approximate surface area is 137 Å². The molecular weight excluding hydrogens is 296 g/mol. The molecule has 4 unspecified atom stereocenters. The van der Waals surface area contributed by atoms with Crippen LogP contribution in [0.15, 0.2) is 22.8 Å². The minimum Gasteiger partial charge on any atom is -0.467 e. The van der Waals surface area contributed by atoms with Gasteiger partial charge in [0.05, 0.1) is 11.9 Å². The van der Waals surface area contributed by atoms with E-state index in [9.17, 15) is 9.90 Å². The lowest BCUT2D eigenvalue weighted by Crippen LogP contribution is -2.69. The summed E-state index contributed by atoms with van der Waals surface area (Å²) < 4.78 is 10.7. The van der Waals surface area contributed by atoms with E-state index in [1.54, 1.807) is 19.2 Å². The van der Waals surface area contributed by atoms with Gasteiger partial charge in [0.2, 0.25) is 0 Å². The number of hydrogen-bond acceptors (Lipinski definition) is 4. The number of carbonyl (C=O) groups is 1. The Morgan fingerprint density at radius 3 is 2.74 bits per heavy atom. The third kappa shape index (κ3) is 3.53. The zero-order valence-corrected chi connectivity index (χ0v) is 14.6. The molecular formula is C17H28N2O4. The molecule has 23 heavy (non-hydrogen) atoms. The molecule has 0 saturated heterocycles. The SMILES string of the molecule is COC1(C)CC(NC(=O)NC(C)CC(O)c2ccco2)C1(C)C. The van der Waals surface area contributed by atoms with Crippen molar-refractivity contribution in [3.8, 4) is 0 Å². The molecule has 1 saturated carbocycles. The summed E-state index contributed by atoms with van der Waals surface area (Å²) in [6, 6.07) is 3.12. The lowest BCUT2D eigenvalue weighted by atomic mass is 9.56. The maximum Gasteiger partial charge on any atom is 0.315 e. The Bertz CT molecular complexity index is 529. The summed E-state index contributed by atoms with van der Waals surface area (Å²) in [7, 11) is 1.70.